The molecule has 148 valence electrons. The van der Waals surface area contributed by atoms with Crippen molar-refractivity contribution in [1.82, 2.24) is 0 Å². The number of thiophene rings is 1. The fraction of sp³-hybridized carbons (Fsp3) is 0.478. The van der Waals surface area contributed by atoms with Crippen LogP contribution in [0, 0.1) is 6.92 Å². The van der Waals surface area contributed by atoms with Crippen molar-refractivity contribution < 1.29 is 26.3 Å². The number of rotatable bonds is 12. The van der Waals surface area contributed by atoms with Gasteiger partial charge < -0.3 is 17.0 Å². The molecule has 0 aliphatic carbocycles. The van der Waals surface area contributed by atoms with E-state index in [1.54, 1.807) is 6.08 Å². The molecule has 27 heavy (non-hydrogen) atoms. The third-order valence-corrected chi connectivity index (χ3v) is 5.70. The molecule has 0 fully saturated rings. The topological polar surface area (TPSA) is 20.9 Å². The zero-order chi connectivity index (χ0) is 18.6. The van der Waals surface area contributed by atoms with Crippen LogP contribution >= 0.6 is 11.3 Å². The molecule has 0 aliphatic rings. The van der Waals surface area contributed by atoms with Crippen molar-refractivity contribution in [3.05, 3.63) is 58.1 Å². The van der Waals surface area contributed by atoms with Crippen LogP contribution in [0.1, 0.15) is 79.1 Å². The first-order chi connectivity index (χ1) is 12.7. The minimum absolute atomic E-state index is 0. The van der Waals surface area contributed by atoms with E-state index in [2.05, 4.69) is 36.0 Å². The SMILES string of the molecule is CCCCCCCCCC[n+]1cccc(/C=C/C(=O)c2sccc2C)c1.[Br-]. The lowest BCUT2D eigenvalue weighted by molar-refractivity contribution is -0.697. The van der Waals surface area contributed by atoms with Crippen molar-refractivity contribution in [2.75, 3.05) is 0 Å². The van der Waals surface area contributed by atoms with Crippen molar-refractivity contribution in [3.63, 3.8) is 0 Å². The summed E-state index contributed by atoms with van der Waals surface area (Å²) in [5.74, 6) is 0.0935. The van der Waals surface area contributed by atoms with E-state index in [9.17, 15) is 4.79 Å². The van der Waals surface area contributed by atoms with Crippen LogP contribution in [0.15, 0.2) is 42.0 Å². The van der Waals surface area contributed by atoms with Gasteiger partial charge in [0.2, 0.25) is 0 Å². The summed E-state index contributed by atoms with van der Waals surface area (Å²) in [6.07, 6.45) is 18.6. The van der Waals surface area contributed by atoms with Gasteiger partial charge in [-0.3, -0.25) is 4.79 Å². The second kappa shape index (κ2) is 13.8. The fourth-order valence-electron chi connectivity index (χ4n) is 3.08. The molecule has 0 saturated carbocycles. The predicted molar refractivity (Wildman–Crippen MR) is 112 cm³/mol. The van der Waals surface area contributed by atoms with Gasteiger partial charge in [-0.15, -0.1) is 11.3 Å². The number of aromatic nitrogens is 1. The van der Waals surface area contributed by atoms with Gasteiger partial charge in [0.25, 0.3) is 0 Å². The quantitative estimate of drug-likeness (QED) is 0.210. The van der Waals surface area contributed by atoms with Crippen LogP contribution in [-0.4, -0.2) is 5.78 Å². The summed E-state index contributed by atoms with van der Waals surface area (Å²) in [7, 11) is 0. The predicted octanol–water partition coefficient (Wildman–Crippen LogP) is 3.38. The first kappa shape index (κ1) is 23.8. The van der Waals surface area contributed by atoms with E-state index in [0.717, 1.165) is 22.5 Å². The largest absolute Gasteiger partial charge is 1.00 e. The van der Waals surface area contributed by atoms with Crippen LogP contribution in [0.4, 0.5) is 0 Å². The van der Waals surface area contributed by atoms with Gasteiger partial charge in [-0.1, -0.05) is 45.4 Å². The van der Waals surface area contributed by atoms with E-state index < -0.39 is 0 Å². The van der Waals surface area contributed by atoms with Gasteiger partial charge in [0.1, 0.15) is 6.54 Å². The minimum Gasteiger partial charge on any atom is -1.00 e. The number of pyridine rings is 1. The monoisotopic (exact) mass is 449 g/mol. The Bertz CT molecular complexity index is 708. The second-order valence-electron chi connectivity index (χ2n) is 6.98. The van der Waals surface area contributed by atoms with Gasteiger partial charge >= 0.3 is 0 Å². The van der Waals surface area contributed by atoms with E-state index in [1.165, 1.54) is 62.7 Å². The van der Waals surface area contributed by atoms with E-state index >= 15 is 0 Å². The Hall–Kier alpha value is -1.26. The van der Waals surface area contributed by atoms with Crippen molar-refractivity contribution in [2.24, 2.45) is 0 Å². The van der Waals surface area contributed by atoms with E-state index in [-0.39, 0.29) is 22.8 Å². The van der Waals surface area contributed by atoms with Crippen molar-refractivity contribution in [1.29, 1.82) is 0 Å². The molecule has 0 aliphatic heterocycles. The summed E-state index contributed by atoms with van der Waals surface area (Å²) in [5, 5.41) is 1.97. The van der Waals surface area contributed by atoms with Crippen LogP contribution in [0.2, 0.25) is 0 Å². The highest BCUT2D eigenvalue weighted by Gasteiger charge is 2.07. The summed E-state index contributed by atoms with van der Waals surface area (Å²) >= 11 is 1.51. The number of nitrogens with zero attached hydrogens (tertiary/aromatic N) is 1. The van der Waals surface area contributed by atoms with Crippen molar-refractivity contribution in [3.8, 4) is 0 Å². The van der Waals surface area contributed by atoms with Crippen molar-refractivity contribution >= 4 is 23.2 Å². The summed E-state index contributed by atoms with van der Waals surface area (Å²) in [5.41, 5.74) is 2.14. The van der Waals surface area contributed by atoms with E-state index in [4.69, 9.17) is 0 Å². The molecule has 0 atom stereocenters. The minimum atomic E-state index is 0. The fourth-order valence-corrected chi connectivity index (χ4v) is 3.93. The molecule has 0 aromatic carbocycles. The maximum absolute atomic E-state index is 12.2. The molecule has 0 spiro atoms. The van der Waals surface area contributed by atoms with Crippen LogP contribution in [-0.2, 0) is 6.54 Å². The third kappa shape index (κ3) is 8.98. The average molecular weight is 450 g/mol. The highest BCUT2D eigenvalue weighted by atomic mass is 79.9. The smallest absolute Gasteiger partial charge is 0.196 e. The van der Waals surface area contributed by atoms with Gasteiger partial charge in [-0.05, 0) is 48.6 Å². The first-order valence-corrected chi connectivity index (χ1v) is 10.8. The van der Waals surface area contributed by atoms with Crippen LogP contribution < -0.4 is 21.5 Å². The Morgan fingerprint density at radius 2 is 1.78 bits per heavy atom. The number of allylic oxidation sites excluding steroid dienone is 1. The summed E-state index contributed by atoms with van der Waals surface area (Å²) < 4.78 is 2.23. The summed E-state index contributed by atoms with van der Waals surface area (Å²) in [4.78, 5) is 13.1. The molecule has 2 heterocycles. The normalized spacial score (nSPS) is 10.9. The zero-order valence-electron chi connectivity index (χ0n) is 16.6. The highest BCUT2D eigenvalue weighted by Crippen LogP contribution is 2.17. The van der Waals surface area contributed by atoms with Crippen LogP contribution in [0.3, 0.4) is 0 Å². The molecule has 0 unspecified atom stereocenters. The number of carbonyl (C=O) groups excluding carboxylic acids is 1. The zero-order valence-corrected chi connectivity index (χ0v) is 19.0. The van der Waals surface area contributed by atoms with Gasteiger partial charge in [0, 0.05) is 18.1 Å². The third-order valence-electron chi connectivity index (χ3n) is 4.66. The van der Waals surface area contributed by atoms with Gasteiger partial charge in [-0.25, -0.2) is 4.57 Å². The number of ketones is 1. The Morgan fingerprint density at radius 1 is 1.07 bits per heavy atom. The lowest BCUT2D eigenvalue weighted by Gasteiger charge is -2.01. The Balaban J connectivity index is 0.00000364. The molecule has 4 heteroatoms. The maximum atomic E-state index is 12.2. The van der Waals surface area contributed by atoms with E-state index in [0.29, 0.717) is 0 Å². The number of halogens is 1. The molecule has 0 bridgehead atoms. The number of aryl methyl sites for hydroxylation is 2. The molecule has 0 N–H and O–H groups in total. The van der Waals surface area contributed by atoms with Gasteiger partial charge in [-0.2, -0.15) is 0 Å². The molecule has 0 radical (unpaired) electrons. The lowest BCUT2D eigenvalue weighted by atomic mass is 10.1. The van der Waals surface area contributed by atoms with E-state index in [1.807, 2.05) is 24.4 Å². The molecular weight excluding hydrogens is 418 g/mol. The Kier molecular flexibility index (Phi) is 12.2. The molecule has 0 amide bonds. The molecule has 0 saturated heterocycles. The number of carbonyl (C=O) groups is 1. The van der Waals surface area contributed by atoms with Crippen LogP contribution in [0.25, 0.3) is 6.08 Å². The maximum Gasteiger partial charge on any atom is 0.196 e. The summed E-state index contributed by atoms with van der Waals surface area (Å²) in [6, 6.07) is 6.10. The first-order valence-electron chi connectivity index (χ1n) is 9.96. The summed E-state index contributed by atoms with van der Waals surface area (Å²) in [6.45, 7) is 5.30. The lowest BCUT2D eigenvalue weighted by Crippen LogP contribution is -3.00. The number of hydrogen-bond acceptors (Lipinski definition) is 2. The van der Waals surface area contributed by atoms with Crippen molar-refractivity contribution in [2.45, 2.75) is 71.8 Å². The number of hydrogen-bond donors (Lipinski definition) is 0. The molecule has 2 rings (SSSR count). The van der Waals surface area contributed by atoms with Gasteiger partial charge in [0.15, 0.2) is 18.2 Å². The highest BCUT2D eigenvalue weighted by molar-refractivity contribution is 7.12. The molecule has 2 aromatic rings. The van der Waals surface area contributed by atoms with Gasteiger partial charge in [0.05, 0.1) is 4.88 Å². The molecular formula is C23H32BrNOS. The molecule has 2 nitrogen and oxygen atoms in total. The standard InChI is InChI=1S/C23H32NOS.BrH/c1-3-4-5-6-7-8-9-10-16-24-17-11-12-21(19-24)13-14-22(25)23-20(2)15-18-26-23;/h11-15,17-19H,3-10,16H2,1-2H3;1H/q+1;/p-1/b14-13+;. The average Bonchev–Trinajstić information content (AvgIpc) is 3.08. The number of unbranched alkanes of at least 4 members (excludes halogenated alkanes) is 7. The Morgan fingerprint density at radius 3 is 2.44 bits per heavy atom. The second-order valence-corrected chi connectivity index (χ2v) is 7.90. The molecule has 2 aromatic heterocycles. The Labute approximate surface area is 179 Å². The van der Waals surface area contributed by atoms with Crippen LogP contribution in [0.5, 0.6) is 0 Å².